The number of aromatic amines is 2. The van der Waals surface area contributed by atoms with Crippen molar-refractivity contribution in [2.24, 2.45) is 10.9 Å². The number of thiazole rings is 1. The second kappa shape index (κ2) is 7.76. The summed E-state index contributed by atoms with van der Waals surface area (Å²) in [6, 6.07) is 8.32. The van der Waals surface area contributed by atoms with E-state index >= 15 is 0 Å². The minimum absolute atomic E-state index is 0.00777. The van der Waals surface area contributed by atoms with Crippen LogP contribution >= 0.6 is 23.6 Å². The highest BCUT2D eigenvalue weighted by atomic mass is 32.1. The molecule has 3 aromatic rings. The second-order valence-corrected chi connectivity index (χ2v) is 7.48. The lowest BCUT2D eigenvalue weighted by Crippen LogP contribution is -2.13. The van der Waals surface area contributed by atoms with Crippen molar-refractivity contribution in [2.75, 3.05) is 0 Å². The van der Waals surface area contributed by atoms with Crippen LogP contribution in [0.3, 0.4) is 0 Å². The Bertz CT molecular complexity index is 1050. The lowest BCUT2D eigenvalue weighted by Gasteiger charge is -2.05. The highest BCUT2D eigenvalue weighted by molar-refractivity contribution is 7.71. The zero-order chi connectivity index (χ0) is 18.7. The van der Waals surface area contributed by atoms with Gasteiger partial charge >= 0.3 is 0 Å². The Balaban J connectivity index is 1.80. The average Bonchev–Trinajstić information content (AvgIpc) is 3.03. The van der Waals surface area contributed by atoms with Gasteiger partial charge in [-0.3, -0.25) is 9.78 Å². The summed E-state index contributed by atoms with van der Waals surface area (Å²) < 4.78 is 0.0575. The Kier molecular flexibility index (Phi) is 5.43. The maximum Gasteiger partial charge on any atom is 0.264 e. The zero-order valence-electron chi connectivity index (χ0n) is 14.3. The molecule has 0 fully saturated rings. The van der Waals surface area contributed by atoms with Crippen LogP contribution in [0.15, 0.2) is 39.4 Å². The van der Waals surface area contributed by atoms with Gasteiger partial charge in [0.15, 0.2) is 4.77 Å². The van der Waals surface area contributed by atoms with E-state index in [-0.39, 0.29) is 16.2 Å². The number of aromatic hydroxyl groups is 1. The van der Waals surface area contributed by atoms with Crippen molar-refractivity contribution in [1.82, 2.24) is 15.0 Å². The molecule has 2 aromatic heterocycles. The molecule has 6 nitrogen and oxygen atoms in total. The summed E-state index contributed by atoms with van der Waals surface area (Å²) in [7, 11) is 0. The van der Waals surface area contributed by atoms with E-state index in [0.29, 0.717) is 11.0 Å². The van der Waals surface area contributed by atoms with Gasteiger partial charge in [-0.1, -0.05) is 38.1 Å². The number of aliphatic imine (C=N–C) groups is 1. The molecule has 26 heavy (non-hydrogen) atoms. The van der Waals surface area contributed by atoms with Gasteiger partial charge in [0.2, 0.25) is 11.0 Å². The van der Waals surface area contributed by atoms with E-state index < -0.39 is 5.56 Å². The van der Waals surface area contributed by atoms with E-state index in [1.807, 2.05) is 17.5 Å². The Labute approximate surface area is 159 Å². The van der Waals surface area contributed by atoms with Crippen molar-refractivity contribution in [2.45, 2.75) is 20.3 Å². The Morgan fingerprint density at radius 3 is 2.69 bits per heavy atom. The fourth-order valence-corrected chi connectivity index (χ4v) is 3.32. The number of H-pyrrole nitrogens is 2. The second-order valence-electron chi connectivity index (χ2n) is 6.24. The third-order valence-corrected chi connectivity index (χ3v) is 4.60. The summed E-state index contributed by atoms with van der Waals surface area (Å²) in [6.07, 6.45) is 2.32. The largest absolute Gasteiger partial charge is 0.494 e. The highest BCUT2D eigenvalue weighted by Gasteiger charge is 2.07. The smallest absolute Gasteiger partial charge is 0.264 e. The summed E-state index contributed by atoms with van der Waals surface area (Å²) >= 11 is 6.15. The number of rotatable bonds is 5. The Morgan fingerprint density at radius 2 is 2.04 bits per heavy atom. The minimum Gasteiger partial charge on any atom is -0.494 e. The van der Waals surface area contributed by atoms with Crippen molar-refractivity contribution < 1.29 is 5.11 Å². The van der Waals surface area contributed by atoms with Crippen molar-refractivity contribution >= 4 is 34.9 Å². The number of hydrogen-bond acceptors (Lipinski definition) is 6. The van der Waals surface area contributed by atoms with Crippen LogP contribution in [0.2, 0.25) is 0 Å². The predicted molar refractivity (Wildman–Crippen MR) is 107 cm³/mol. The summed E-state index contributed by atoms with van der Waals surface area (Å²) in [5.74, 6) is 0.299. The number of benzene rings is 1. The van der Waals surface area contributed by atoms with Crippen molar-refractivity contribution in [3.8, 4) is 17.1 Å². The molecule has 0 unspecified atom stereocenters. The van der Waals surface area contributed by atoms with E-state index in [0.717, 1.165) is 17.7 Å². The quantitative estimate of drug-likeness (QED) is 0.452. The monoisotopic (exact) mass is 386 g/mol. The number of aromatic nitrogens is 3. The van der Waals surface area contributed by atoms with Gasteiger partial charge in [-0.25, -0.2) is 9.98 Å². The molecule has 3 rings (SSSR count). The normalized spacial score (nSPS) is 11.5. The van der Waals surface area contributed by atoms with Crippen LogP contribution in [-0.2, 0) is 6.42 Å². The first-order valence-corrected chi connectivity index (χ1v) is 9.35. The Hall–Kier alpha value is -2.58. The highest BCUT2D eigenvalue weighted by Crippen LogP contribution is 2.27. The number of nitrogens with one attached hydrogen (secondary N) is 2. The molecule has 0 bridgehead atoms. The van der Waals surface area contributed by atoms with Crippen LogP contribution in [0.4, 0.5) is 5.13 Å². The van der Waals surface area contributed by atoms with Gasteiger partial charge in [0, 0.05) is 17.2 Å². The van der Waals surface area contributed by atoms with Gasteiger partial charge < -0.3 is 10.1 Å². The van der Waals surface area contributed by atoms with Gasteiger partial charge in [-0.15, -0.1) is 11.3 Å². The third-order valence-electron chi connectivity index (χ3n) is 3.65. The van der Waals surface area contributed by atoms with Crippen LogP contribution in [0.1, 0.15) is 25.0 Å². The van der Waals surface area contributed by atoms with Crippen LogP contribution in [0.5, 0.6) is 5.88 Å². The van der Waals surface area contributed by atoms with Crippen molar-refractivity contribution in [3.05, 3.63) is 55.9 Å². The first-order chi connectivity index (χ1) is 12.4. The molecule has 3 N–H and O–H groups in total. The van der Waals surface area contributed by atoms with E-state index in [4.69, 9.17) is 12.2 Å². The number of nitrogens with zero attached hydrogens (tertiary/aromatic N) is 2. The molecule has 8 heteroatoms. The molecule has 0 radical (unpaired) electrons. The number of hydrogen-bond donors (Lipinski definition) is 3. The lowest BCUT2D eigenvalue weighted by molar-refractivity contribution is 0.449. The molecule has 2 heterocycles. The summed E-state index contributed by atoms with van der Waals surface area (Å²) in [6.45, 7) is 4.39. The molecule has 0 amide bonds. The lowest BCUT2D eigenvalue weighted by atomic mass is 10.0. The molecule has 0 spiro atoms. The van der Waals surface area contributed by atoms with Crippen LogP contribution in [0.25, 0.3) is 11.3 Å². The maximum absolute atomic E-state index is 11.8. The molecule has 1 aromatic carbocycles. The molecule has 0 aliphatic rings. The van der Waals surface area contributed by atoms with Crippen molar-refractivity contribution in [1.29, 1.82) is 0 Å². The van der Waals surface area contributed by atoms with E-state index in [9.17, 15) is 9.90 Å². The van der Waals surface area contributed by atoms with E-state index in [2.05, 4.69) is 45.9 Å². The van der Waals surface area contributed by atoms with Gasteiger partial charge in [0.05, 0.1) is 5.69 Å². The van der Waals surface area contributed by atoms with Crippen LogP contribution < -0.4 is 5.56 Å². The topological polar surface area (TPSA) is 94.1 Å². The zero-order valence-corrected chi connectivity index (χ0v) is 15.9. The summed E-state index contributed by atoms with van der Waals surface area (Å²) in [5.41, 5.74) is 2.64. The van der Waals surface area contributed by atoms with E-state index in [1.165, 1.54) is 23.1 Å². The van der Waals surface area contributed by atoms with Gasteiger partial charge in [0.25, 0.3) is 5.56 Å². The molecular formula is C18H18N4O2S2. The molecule has 0 aliphatic carbocycles. The molecule has 134 valence electrons. The molecule has 0 saturated heterocycles. The van der Waals surface area contributed by atoms with Crippen molar-refractivity contribution in [3.63, 3.8) is 0 Å². The minimum atomic E-state index is -0.507. The fourth-order valence-electron chi connectivity index (χ4n) is 2.46. The first-order valence-electron chi connectivity index (χ1n) is 8.07. The van der Waals surface area contributed by atoms with Gasteiger partial charge in [-0.2, -0.15) is 0 Å². The molecule has 0 atom stereocenters. The molecular weight excluding hydrogens is 368 g/mol. The van der Waals surface area contributed by atoms with Gasteiger partial charge in [-0.05, 0) is 30.1 Å². The van der Waals surface area contributed by atoms with Crippen LogP contribution in [-0.4, -0.2) is 26.3 Å². The summed E-state index contributed by atoms with van der Waals surface area (Å²) in [5, 5.41) is 12.2. The first kappa shape index (κ1) is 18.2. The predicted octanol–water partition coefficient (Wildman–Crippen LogP) is 4.21. The Morgan fingerprint density at radius 1 is 1.31 bits per heavy atom. The SMILES string of the molecule is CC(C)Cc1ccc(-c2csc(N=Cc3c(O)[nH]c(=S)[nH]c3=O)n2)cc1. The summed E-state index contributed by atoms with van der Waals surface area (Å²) in [4.78, 5) is 25.3. The van der Waals surface area contributed by atoms with Gasteiger partial charge in [0.1, 0.15) is 5.56 Å². The molecule has 0 saturated carbocycles. The standard InChI is InChI=1S/C18H18N4O2S2/c1-10(2)7-11-3-5-12(6-4-11)14-9-26-18(20-14)19-8-13-15(23)21-17(25)22-16(13)24/h3-6,8-10H,7H2,1-2H3,(H3,21,22,23,24,25). The van der Waals surface area contributed by atoms with Crippen LogP contribution in [0, 0.1) is 10.7 Å². The third kappa shape index (κ3) is 4.33. The fraction of sp³-hybridized carbons (Fsp3) is 0.222. The maximum atomic E-state index is 11.8. The average molecular weight is 387 g/mol. The van der Waals surface area contributed by atoms with E-state index in [1.54, 1.807) is 0 Å². The molecule has 0 aliphatic heterocycles.